The van der Waals surface area contributed by atoms with E-state index in [1.165, 1.54) is 5.56 Å². The van der Waals surface area contributed by atoms with Crippen molar-refractivity contribution in [1.29, 1.82) is 0 Å². The van der Waals surface area contributed by atoms with Gasteiger partial charge in [0, 0.05) is 5.56 Å². The number of ether oxygens (including phenoxy) is 1. The van der Waals surface area contributed by atoms with Crippen LogP contribution in [0.1, 0.15) is 55.2 Å². The summed E-state index contributed by atoms with van der Waals surface area (Å²) in [7, 11) is 1.61. The standard InChI is InChI=1S/C20H25NO2/c1-14(15-6-10-17(11-7-15)20(2,3)4)21-19(22)16-8-12-18(23-5)13-9-16/h6-14H,1-5H3,(H,21,22)/t14-/m1/s1. The Bertz CT molecular complexity index is 652. The molecular formula is C20H25NO2. The van der Waals surface area contributed by atoms with Crippen LogP contribution in [0, 0.1) is 0 Å². The highest BCUT2D eigenvalue weighted by molar-refractivity contribution is 5.94. The zero-order valence-corrected chi connectivity index (χ0v) is 14.5. The van der Waals surface area contributed by atoms with E-state index in [0.29, 0.717) is 5.56 Å². The second kappa shape index (κ2) is 6.86. The van der Waals surface area contributed by atoms with Gasteiger partial charge in [0.1, 0.15) is 5.75 Å². The Morgan fingerprint density at radius 2 is 1.57 bits per heavy atom. The van der Waals surface area contributed by atoms with Gasteiger partial charge in [-0.15, -0.1) is 0 Å². The lowest BCUT2D eigenvalue weighted by Crippen LogP contribution is -2.26. The molecule has 23 heavy (non-hydrogen) atoms. The average molecular weight is 311 g/mol. The molecule has 1 atom stereocenters. The van der Waals surface area contributed by atoms with E-state index in [9.17, 15) is 4.79 Å². The van der Waals surface area contributed by atoms with Gasteiger partial charge < -0.3 is 10.1 Å². The predicted molar refractivity (Wildman–Crippen MR) is 94.0 cm³/mol. The zero-order chi connectivity index (χ0) is 17.0. The van der Waals surface area contributed by atoms with Gasteiger partial charge in [0.05, 0.1) is 13.2 Å². The largest absolute Gasteiger partial charge is 0.497 e. The van der Waals surface area contributed by atoms with Crippen molar-refractivity contribution < 1.29 is 9.53 Å². The van der Waals surface area contributed by atoms with Crippen molar-refractivity contribution >= 4 is 5.91 Å². The van der Waals surface area contributed by atoms with Crippen molar-refractivity contribution in [3.63, 3.8) is 0 Å². The summed E-state index contributed by atoms with van der Waals surface area (Å²) in [4.78, 5) is 12.3. The lowest BCUT2D eigenvalue weighted by atomic mass is 9.86. The Morgan fingerprint density at radius 1 is 1.00 bits per heavy atom. The molecule has 0 saturated heterocycles. The number of methoxy groups -OCH3 is 1. The number of hydrogen-bond donors (Lipinski definition) is 1. The van der Waals surface area contributed by atoms with Crippen LogP contribution in [0.2, 0.25) is 0 Å². The molecule has 0 aliphatic heterocycles. The summed E-state index contributed by atoms with van der Waals surface area (Å²) in [5, 5.41) is 3.03. The molecule has 122 valence electrons. The minimum atomic E-state index is -0.0833. The SMILES string of the molecule is COc1ccc(C(=O)N[C@H](C)c2ccc(C(C)(C)C)cc2)cc1. The van der Waals surface area contributed by atoms with E-state index in [1.54, 1.807) is 31.4 Å². The van der Waals surface area contributed by atoms with E-state index >= 15 is 0 Å². The van der Waals surface area contributed by atoms with Crippen LogP contribution in [0.3, 0.4) is 0 Å². The highest BCUT2D eigenvalue weighted by Crippen LogP contribution is 2.24. The summed E-state index contributed by atoms with van der Waals surface area (Å²) >= 11 is 0. The first kappa shape index (κ1) is 17.1. The molecule has 3 nitrogen and oxygen atoms in total. The topological polar surface area (TPSA) is 38.3 Å². The maximum Gasteiger partial charge on any atom is 0.251 e. The summed E-state index contributed by atoms with van der Waals surface area (Å²) in [6.45, 7) is 8.57. The van der Waals surface area contributed by atoms with Gasteiger partial charge in [-0.25, -0.2) is 0 Å². The van der Waals surface area contributed by atoms with Gasteiger partial charge in [0.15, 0.2) is 0 Å². The average Bonchev–Trinajstić information content (AvgIpc) is 2.54. The maximum atomic E-state index is 12.3. The normalized spacial score (nSPS) is 12.6. The molecule has 0 saturated carbocycles. The van der Waals surface area contributed by atoms with Crippen molar-refractivity contribution in [2.24, 2.45) is 0 Å². The molecule has 0 spiro atoms. The molecule has 2 rings (SSSR count). The Kier molecular flexibility index (Phi) is 5.09. The fourth-order valence-electron chi connectivity index (χ4n) is 2.38. The van der Waals surface area contributed by atoms with Crippen LogP contribution in [0.15, 0.2) is 48.5 Å². The van der Waals surface area contributed by atoms with Crippen molar-refractivity contribution in [1.82, 2.24) is 5.32 Å². The molecule has 2 aromatic rings. The fraction of sp³-hybridized carbons (Fsp3) is 0.350. The van der Waals surface area contributed by atoms with E-state index in [-0.39, 0.29) is 17.4 Å². The summed E-state index contributed by atoms with van der Waals surface area (Å²) in [6.07, 6.45) is 0. The van der Waals surface area contributed by atoms with Gasteiger partial charge in [-0.05, 0) is 47.7 Å². The monoisotopic (exact) mass is 311 g/mol. The van der Waals surface area contributed by atoms with E-state index in [2.05, 4.69) is 50.4 Å². The first-order valence-electron chi connectivity index (χ1n) is 7.86. The molecule has 1 N–H and O–H groups in total. The van der Waals surface area contributed by atoms with E-state index in [0.717, 1.165) is 11.3 Å². The van der Waals surface area contributed by atoms with Crippen molar-refractivity contribution in [3.05, 3.63) is 65.2 Å². The molecule has 3 heteroatoms. The van der Waals surface area contributed by atoms with Crippen LogP contribution >= 0.6 is 0 Å². The van der Waals surface area contributed by atoms with Crippen LogP contribution in [0.4, 0.5) is 0 Å². The lowest BCUT2D eigenvalue weighted by molar-refractivity contribution is 0.0940. The van der Waals surface area contributed by atoms with E-state index in [4.69, 9.17) is 4.74 Å². The molecule has 0 heterocycles. The smallest absolute Gasteiger partial charge is 0.251 e. The molecule has 0 aliphatic carbocycles. The van der Waals surface area contributed by atoms with Crippen molar-refractivity contribution in [2.45, 2.75) is 39.2 Å². The minimum absolute atomic E-state index is 0.0429. The second-order valence-corrected chi connectivity index (χ2v) is 6.80. The molecule has 0 radical (unpaired) electrons. The summed E-state index contributed by atoms with van der Waals surface area (Å²) in [5.41, 5.74) is 3.15. The third kappa shape index (κ3) is 4.35. The van der Waals surface area contributed by atoms with E-state index < -0.39 is 0 Å². The number of nitrogens with one attached hydrogen (secondary N) is 1. The quantitative estimate of drug-likeness (QED) is 0.904. The van der Waals surface area contributed by atoms with Crippen LogP contribution in [0.5, 0.6) is 5.75 Å². The van der Waals surface area contributed by atoms with Gasteiger partial charge >= 0.3 is 0 Å². The van der Waals surface area contributed by atoms with E-state index in [1.807, 2.05) is 6.92 Å². The molecular weight excluding hydrogens is 286 g/mol. The molecule has 2 aromatic carbocycles. The number of rotatable bonds is 4. The van der Waals surface area contributed by atoms with Gasteiger partial charge in [0.25, 0.3) is 5.91 Å². The highest BCUT2D eigenvalue weighted by atomic mass is 16.5. The Balaban J connectivity index is 2.05. The maximum absolute atomic E-state index is 12.3. The molecule has 0 aromatic heterocycles. The number of carbonyl (C=O) groups excluding carboxylic acids is 1. The Morgan fingerprint density at radius 3 is 2.04 bits per heavy atom. The third-order valence-corrected chi connectivity index (χ3v) is 3.98. The third-order valence-electron chi connectivity index (χ3n) is 3.98. The number of amides is 1. The fourth-order valence-corrected chi connectivity index (χ4v) is 2.38. The summed E-state index contributed by atoms with van der Waals surface area (Å²) in [6, 6.07) is 15.5. The number of benzene rings is 2. The lowest BCUT2D eigenvalue weighted by Gasteiger charge is -2.20. The van der Waals surface area contributed by atoms with Crippen molar-refractivity contribution in [3.8, 4) is 5.75 Å². The van der Waals surface area contributed by atoms with Gasteiger partial charge in [-0.2, -0.15) is 0 Å². The van der Waals surface area contributed by atoms with Crippen LogP contribution in [-0.2, 0) is 5.41 Å². The first-order valence-corrected chi connectivity index (χ1v) is 7.86. The van der Waals surface area contributed by atoms with Gasteiger partial charge in [-0.3, -0.25) is 4.79 Å². The van der Waals surface area contributed by atoms with Crippen molar-refractivity contribution in [2.75, 3.05) is 7.11 Å². The zero-order valence-electron chi connectivity index (χ0n) is 14.5. The molecule has 0 fully saturated rings. The predicted octanol–water partition coefficient (Wildman–Crippen LogP) is 4.48. The first-order chi connectivity index (χ1) is 10.8. The Hall–Kier alpha value is -2.29. The minimum Gasteiger partial charge on any atom is -0.497 e. The molecule has 1 amide bonds. The van der Waals surface area contributed by atoms with Crippen LogP contribution < -0.4 is 10.1 Å². The molecule has 0 aliphatic rings. The van der Waals surface area contributed by atoms with Crippen LogP contribution in [-0.4, -0.2) is 13.0 Å². The summed E-state index contributed by atoms with van der Waals surface area (Å²) < 4.78 is 5.11. The number of carbonyl (C=O) groups is 1. The van der Waals surface area contributed by atoms with Gasteiger partial charge in [0.2, 0.25) is 0 Å². The van der Waals surface area contributed by atoms with Crippen LogP contribution in [0.25, 0.3) is 0 Å². The Labute approximate surface area is 138 Å². The molecule has 0 unspecified atom stereocenters. The number of hydrogen-bond acceptors (Lipinski definition) is 2. The highest BCUT2D eigenvalue weighted by Gasteiger charge is 2.15. The second-order valence-electron chi connectivity index (χ2n) is 6.80. The molecule has 0 bridgehead atoms. The summed E-state index contributed by atoms with van der Waals surface area (Å²) in [5.74, 6) is 0.660. The van der Waals surface area contributed by atoms with Gasteiger partial charge in [-0.1, -0.05) is 45.0 Å².